The lowest BCUT2D eigenvalue weighted by molar-refractivity contribution is -0.192. The summed E-state index contributed by atoms with van der Waals surface area (Å²) in [4.78, 5) is 36.5. The van der Waals surface area contributed by atoms with Gasteiger partial charge in [0.2, 0.25) is 5.91 Å². The molecule has 38 heavy (non-hydrogen) atoms. The quantitative estimate of drug-likeness (QED) is 0.402. The second-order valence-electron chi connectivity index (χ2n) is 9.13. The number of hydrogen-bond donors (Lipinski definition) is 3. The molecule has 0 radical (unpaired) electrons. The molecule has 0 aromatic heterocycles. The third-order valence-corrected chi connectivity index (χ3v) is 6.21. The number of alkyl halides is 3. The summed E-state index contributed by atoms with van der Waals surface area (Å²) in [5.41, 5.74) is 3.18. The number of fused-ring (bicyclic) bond motifs is 1. The molecule has 0 unspecified atom stereocenters. The fourth-order valence-corrected chi connectivity index (χ4v) is 4.27. The Hall–Kier alpha value is -3.92. The minimum Gasteiger partial charge on any atom is -0.475 e. The highest BCUT2D eigenvalue weighted by molar-refractivity contribution is 5.99. The van der Waals surface area contributed by atoms with Crippen LogP contribution in [0.3, 0.4) is 0 Å². The number of carboxylic acids is 1. The highest BCUT2D eigenvalue weighted by Crippen LogP contribution is 2.25. The number of halogens is 3. The predicted molar refractivity (Wildman–Crippen MR) is 139 cm³/mol. The number of carbonyl (C=O) groups is 3. The second kappa shape index (κ2) is 12.6. The van der Waals surface area contributed by atoms with Crippen molar-refractivity contribution in [2.24, 2.45) is 0 Å². The van der Waals surface area contributed by atoms with Crippen LogP contribution >= 0.6 is 0 Å². The second-order valence-corrected chi connectivity index (χ2v) is 9.13. The zero-order valence-electron chi connectivity index (χ0n) is 21.1. The standard InChI is InChI=1S/C26H29N3O2.C2HF3O2/c1-18-12-13-21(28-25(30)17-29-14-5-6-15-29)16-24(18)26(31)27-19(2)22-11-7-9-20-8-3-4-10-23(20)22;3-2(4,5)1(6)7/h3-4,7-13,16,19H,5-6,14-15,17H2,1-2H3,(H,27,31)(H,28,30);(H,6,7)/t19-;/m1./s1. The van der Waals surface area contributed by atoms with Gasteiger partial charge in [-0.2, -0.15) is 13.2 Å². The van der Waals surface area contributed by atoms with Crippen molar-refractivity contribution in [3.8, 4) is 0 Å². The lowest BCUT2D eigenvalue weighted by atomic mass is 9.99. The van der Waals surface area contributed by atoms with Gasteiger partial charge in [0, 0.05) is 11.3 Å². The molecule has 2 amide bonds. The Bertz CT molecular complexity index is 1300. The minimum absolute atomic E-state index is 0.0405. The smallest absolute Gasteiger partial charge is 0.475 e. The molecule has 1 atom stereocenters. The molecule has 1 saturated heterocycles. The molecule has 0 spiro atoms. The molecule has 3 aromatic carbocycles. The van der Waals surface area contributed by atoms with E-state index in [9.17, 15) is 22.8 Å². The third kappa shape index (κ3) is 7.79. The maximum atomic E-state index is 13.1. The maximum absolute atomic E-state index is 13.1. The Balaban J connectivity index is 0.000000505. The summed E-state index contributed by atoms with van der Waals surface area (Å²) >= 11 is 0. The first-order chi connectivity index (χ1) is 18.0. The van der Waals surface area contributed by atoms with E-state index in [1.54, 1.807) is 6.07 Å². The number of likely N-dealkylation sites (tertiary alicyclic amines) is 1. The van der Waals surface area contributed by atoms with E-state index in [1.807, 2.05) is 44.2 Å². The van der Waals surface area contributed by atoms with E-state index >= 15 is 0 Å². The molecule has 3 N–H and O–H groups in total. The van der Waals surface area contributed by atoms with E-state index in [0.29, 0.717) is 17.8 Å². The monoisotopic (exact) mass is 529 g/mol. The molecule has 1 heterocycles. The number of carbonyl (C=O) groups excluding carboxylic acids is 2. The molecular weight excluding hydrogens is 499 g/mol. The first-order valence-electron chi connectivity index (χ1n) is 12.2. The van der Waals surface area contributed by atoms with Gasteiger partial charge in [-0.15, -0.1) is 0 Å². The fraction of sp³-hybridized carbons (Fsp3) is 0.321. The molecule has 1 aliphatic heterocycles. The van der Waals surface area contributed by atoms with Crippen LogP contribution < -0.4 is 10.6 Å². The van der Waals surface area contributed by atoms with Gasteiger partial charge in [0.15, 0.2) is 0 Å². The van der Waals surface area contributed by atoms with Crippen LogP contribution in [0.4, 0.5) is 18.9 Å². The normalized spacial score (nSPS) is 14.3. The summed E-state index contributed by atoms with van der Waals surface area (Å²) in [5.74, 6) is -2.94. The van der Waals surface area contributed by atoms with Crippen molar-refractivity contribution in [2.75, 3.05) is 25.0 Å². The van der Waals surface area contributed by atoms with Crippen molar-refractivity contribution in [2.45, 2.75) is 38.9 Å². The summed E-state index contributed by atoms with van der Waals surface area (Å²) < 4.78 is 31.7. The summed E-state index contributed by atoms with van der Waals surface area (Å²) in [6.45, 7) is 6.25. The number of aryl methyl sites for hydroxylation is 1. The Morgan fingerprint density at radius 1 is 1.00 bits per heavy atom. The van der Waals surface area contributed by atoms with Crippen LogP contribution in [0.5, 0.6) is 0 Å². The molecule has 0 bridgehead atoms. The molecule has 10 heteroatoms. The molecule has 0 saturated carbocycles. The van der Waals surface area contributed by atoms with Crippen LogP contribution in [0.25, 0.3) is 10.8 Å². The maximum Gasteiger partial charge on any atom is 0.490 e. The molecular formula is C28H30F3N3O4. The molecule has 7 nitrogen and oxygen atoms in total. The molecule has 0 aliphatic carbocycles. The van der Waals surface area contributed by atoms with Gasteiger partial charge in [-0.25, -0.2) is 4.79 Å². The zero-order chi connectivity index (χ0) is 27.9. The van der Waals surface area contributed by atoms with E-state index in [4.69, 9.17) is 9.90 Å². The Morgan fingerprint density at radius 3 is 2.29 bits per heavy atom. The number of benzene rings is 3. The Kier molecular flexibility index (Phi) is 9.46. The topological polar surface area (TPSA) is 98.7 Å². The van der Waals surface area contributed by atoms with Gasteiger partial charge in [-0.3, -0.25) is 14.5 Å². The van der Waals surface area contributed by atoms with Crippen LogP contribution in [0, 0.1) is 6.92 Å². The van der Waals surface area contributed by atoms with Gasteiger partial charge in [-0.1, -0.05) is 48.5 Å². The number of rotatable bonds is 6. The Morgan fingerprint density at radius 2 is 1.63 bits per heavy atom. The van der Waals surface area contributed by atoms with Gasteiger partial charge in [0.25, 0.3) is 5.91 Å². The molecule has 1 fully saturated rings. The van der Waals surface area contributed by atoms with Crippen LogP contribution in [-0.4, -0.2) is 53.6 Å². The number of nitrogens with one attached hydrogen (secondary N) is 2. The van der Waals surface area contributed by atoms with Crippen molar-refractivity contribution >= 4 is 34.2 Å². The van der Waals surface area contributed by atoms with Crippen molar-refractivity contribution in [3.05, 3.63) is 77.4 Å². The summed E-state index contributed by atoms with van der Waals surface area (Å²) in [6, 6.07) is 19.7. The van der Waals surface area contributed by atoms with E-state index < -0.39 is 12.1 Å². The van der Waals surface area contributed by atoms with Gasteiger partial charge in [0.1, 0.15) is 0 Å². The van der Waals surface area contributed by atoms with Gasteiger partial charge >= 0.3 is 12.1 Å². The number of nitrogens with zero attached hydrogens (tertiary/aromatic N) is 1. The number of aliphatic carboxylic acids is 1. The van der Waals surface area contributed by atoms with E-state index in [2.05, 4.69) is 39.8 Å². The van der Waals surface area contributed by atoms with Crippen LogP contribution in [0.2, 0.25) is 0 Å². The van der Waals surface area contributed by atoms with Crippen molar-refractivity contribution in [3.63, 3.8) is 0 Å². The number of anilines is 1. The minimum atomic E-state index is -5.08. The van der Waals surface area contributed by atoms with E-state index in [-0.39, 0.29) is 17.9 Å². The van der Waals surface area contributed by atoms with Gasteiger partial charge in [-0.05, 0) is 73.8 Å². The summed E-state index contributed by atoms with van der Waals surface area (Å²) in [6.07, 6.45) is -2.78. The average molecular weight is 530 g/mol. The molecule has 4 rings (SSSR count). The van der Waals surface area contributed by atoms with Crippen LogP contribution in [0.1, 0.15) is 47.3 Å². The zero-order valence-corrected chi connectivity index (χ0v) is 21.1. The average Bonchev–Trinajstić information content (AvgIpc) is 3.37. The SMILES string of the molecule is Cc1ccc(NC(=O)CN2CCCC2)cc1C(=O)N[C@H](C)c1cccc2ccccc12.O=C(O)C(F)(F)F. The Labute approximate surface area is 218 Å². The first kappa shape index (κ1) is 28.6. The number of amides is 2. The van der Waals surface area contributed by atoms with E-state index in [0.717, 1.165) is 47.8 Å². The van der Waals surface area contributed by atoms with Gasteiger partial charge in [0.05, 0.1) is 12.6 Å². The van der Waals surface area contributed by atoms with Gasteiger partial charge < -0.3 is 15.7 Å². The van der Waals surface area contributed by atoms with Crippen molar-refractivity contribution in [1.82, 2.24) is 10.2 Å². The molecule has 1 aliphatic rings. The van der Waals surface area contributed by atoms with Crippen LogP contribution in [-0.2, 0) is 9.59 Å². The number of hydrogen-bond acceptors (Lipinski definition) is 4. The van der Waals surface area contributed by atoms with Crippen LogP contribution in [0.15, 0.2) is 60.7 Å². The largest absolute Gasteiger partial charge is 0.490 e. The predicted octanol–water partition coefficient (Wildman–Crippen LogP) is 5.31. The van der Waals surface area contributed by atoms with Crippen molar-refractivity contribution < 1.29 is 32.7 Å². The highest BCUT2D eigenvalue weighted by atomic mass is 19.4. The number of carboxylic acid groups (broad SMARTS) is 1. The summed E-state index contributed by atoms with van der Waals surface area (Å²) in [7, 11) is 0. The lowest BCUT2D eigenvalue weighted by Gasteiger charge is -2.18. The molecule has 202 valence electrons. The lowest BCUT2D eigenvalue weighted by Crippen LogP contribution is -2.31. The first-order valence-corrected chi connectivity index (χ1v) is 12.2. The highest BCUT2D eigenvalue weighted by Gasteiger charge is 2.38. The summed E-state index contributed by atoms with van der Waals surface area (Å²) in [5, 5.41) is 15.5. The molecule has 3 aromatic rings. The third-order valence-electron chi connectivity index (χ3n) is 6.21. The van der Waals surface area contributed by atoms with E-state index in [1.165, 1.54) is 0 Å². The fourth-order valence-electron chi connectivity index (χ4n) is 4.27. The van der Waals surface area contributed by atoms with Crippen molar-refractivity contribution in [1.29, 1.82) is 0 Å².